The molecule has 1 fully saturated rings. The van der Waals surface area contributed by atoms with E-state index in [4.69, 9.17) is 18.9 Å². The van der Waals surface area contributed by atoms with E-state index in [1.165, 1.54) is 4.90 Å². The highest BCUT2D eigenvalue weighted by Crippen LogP contribution is 2.38. The Morgan fingerprint density at radius 3 is 2.26 bits per heavy atom. The molecule has 1 unspecified atom stereocenters. The first-order valence-corrected chi connectivity index (χ1v) is 11.8. The Hall–Kier alpha value is -3.55. The van der Waals surface area contributed by atoms with Gasteiger partial charge in [-0.3, -0.25) is 14.4 Å². The maximum absolute atomic E-state index is 12.6. The molecule has 8 nitrogen and oxygen atoms in total. The Morgan fingerprint density at radius 1 is 0.943 bits per heavy atom. The fourth-order valence-electron chi connectivity index (χ4n) is 4.23. The number of nitrogens with zero attached hydrogens (tertiary/aromatic N) is 1. The lowest BCUT2D eigenvalue weighted by Gasteiger charge is -2.31. The number of amides is 1. The average Bonchev–Trinajstić information content (AvgIpc) is 2.90. The molecule has 0 N–H and O–H groups in total. The van der Waals surface area contributed by atoms with Crippen LogP contribution in [0.5, 0.6) is 17.2 Å². The van der Waals surface area contributed by atoms with Crippen molar-refractivity contribution in [3.05, 3.63) is 53.6 Å². The van der Waals surface area contributed by atoms with Crippen molar-refractivity contribution in [1.29, 1.82) is 0 Å². The fraction of sp³-hybridized carbons (Fsp3) is 0.444. The van der Waals surface area contributed by atoms with E-state index < -0.39 is 17.6 Å². The molecule has 188 valence electrons. The van der Waals surface area contributed by atoms with Crippen molar-refractivity contribution in [2.75, 3.05) is 41.0 Å². The van der Waals surface area contributed by atoms with E-state index in [0.29, 0.717) is 49.5 Å². The van der Waals surface area contributed by atoms with Gasteiger partial charge in [0.05, 0.1) is 33.9 Å². The van der Waals surface area contributed by atoms with Gasteiger partial charge in [-0.25, -0.2) is 0 Å². The van der Waals surface area contributed by atoms with E-state index >= 15 is 0 Å². The van der Waals surface area contributed by atoms with Crippen LogP contribution in [0.25, 0.3) is 0 Å². The predicted molar refractivity (Wildman–Crippen MR) is 130 cm³/mol. The summed E-state index contributed by atoms with van der Waals surface area (Å²) in [6.45, 7) is 0.947. The molecule has 0 aromatic heterocycles. The number of piperidine rings is 1. The van der Waals surface area contributed by atoms with Gasteiger partial charge in [-0.15, -0.1) is 0 Å². The van der Waals surface area contributed by atoms with Gasteiger partial charge in [-0.2, -0.15) is 0 Å². The van der Waals surface area contributed by atoms with Crippen molar-refractivity contribution in [2.45, 2.75) is 32.1 Å². The van der Waals surface area contributed by atoms with Crippen molar-refractivity contribution in [1.82, 2.24) is 4.90 Å². The second-order valence-electron chi connectivity index (χ2n) is 8.48. The number of methoxy groups -OCH3 is 3. The second kappa shape index (κ2) is 12.8. The SMILES string of the molecule is COc1cc(CCCOC(=O)C2CCCN(C(=O)C(=O)Cc3ccccc3)C2)cc(OC)c1OC. The van der Waals surface area contributed by atoms with Crippen LogP contribution in [0, 0.1) is 5.92 Å². The third-order valence-corrected chi connectivity index (χ3v) is 6.07. The summed E-state index contributed by atoms with van der Waals surface area (Å²) in [5.74, 6) is -0.0605. The van der Waals surface area contributed by atoms with Crippen molar-refractivity contribution in [2.24, 2.45) is 5.92 Å². The summed E-state index contributed by atoms with van der Waals surface area (Å²) in [6, 6.07) is 12.9. The molecule has 1 aliphatic heterocycles. The minimum atomic E-state index is -0.534. The highest BCUT2D eigenvalue weighted by Gasteiger charge is 2.32. The molecule has 0 spiro atoms. The number of Topliss-reactive ketones (excluding diaryl/α,β-unsaturated/α-hetero) is 1. The number of rotatable bonds is 11. The van der Waals surface area contributed by atoms with Crippen LogP contribution in [-0.4, -0.2) is 63.6 Å². The Morgan fingerprint density at radius 2 is 1.63 bits per heavy atom. The van der Waals surface area contributed by atoms with E-state index in [9.17, 15) is 14.4 Å². The number of ketones is 1. The fourth-order valence-corrected chi connectivity index (χ4v) is 4.23. The molecule has 8 heteroatoms. The number of aryl methyl sites for hydroxylation is 1. The molecule has 2 aromatic carbocycles. The monoisotopic (exact) mass is 483 g/mol. The molecule has 35 heavy (non-hydrogen) atoms. The zero-order valence-electron chi connectivity index (χ0n) is 20.6. The summed E-state index contributed by atoms with van der Waals surface area (Å²) in [5.41, 5.74) is 1.77. The Balaban J connectivity index is 1.47. The first-order chi connectivity index (χ1) is 17.0. The molecule has 0 saturated carbocycles. The lowest BCUT2D eigenvalue weighted by molar-refractivity contribution is -0.153. The Bertz CT molecular complexity index is 996. The summed E-state index contributed by atoms with van der Waals surface area (Å²) >= 11 is 0. The summed E-state index contributed by atoms with van der Waals surface area (Å²) in [7, 11) is 4.69. The first kappa shape index (κ1) is 26.1. The molecule has 1 heterocycles. The third-order valence-electron chi connectivity index (χ3n) is 6.07. The summed E-state index contributed by atoms with van der Waals surface area (Å²) < 4.78 is 21.6. The summed E-state index contributed by atoms with van der Waals surface area (Å²) in [4.78, 5) is 39.2. The molecule has 0 aliphatic carbocycles. The number of benzene rings is 2. The van der Waals surface area contributed by atoms with Crippen LogP contribution in [0.4, 0.5) is 0 Å². The topological polar surface area (TPSA) is 91.4 Å². The van der Waals surface area contributed by atoms with E-state index in [0.717, 1.165) is 11.1 Å². The molecule has 0 bridgehead atoms. The molecular formula is C27H33NO7. The number of hydrogen-bond acceptors (Lipinski definition) is 7. The van der Waals surface area contributed by atoms with E-state index in [-0.39, 0.29) is 25.5 Å². The van der Waals surface area contributed by atoms with Gasteiger partial charge >= 0.3 is 5.97 Å². The van der Waals surface area contributed by atoms with E-state index in [1.807, 2.05) is 42.5 Å². The third kappa shape index (κ3) is 6.97. The number of carbonyl (C=O) groups is 3. The number of hydrogen-bond donors (Lipinski definition) is 0. The van der Waals surface area contributed by atoms with Crippen molar-refractivity contribution in [3.8, 4) is 17.2 Å². The zero-order chi connectivity index (χ0) is 25.2. The van der Waals surface area contributed by atoms with Crippen LogP contribution < -0.4 is 14.2 Å². The van der Waals surface area contributed by atoms with Gasteiger partial charge in [0, 0.05) is 19.5 Å². The largest absolute Gasteiger partial charge is 0.493 e. The quantitative estimate of drug-likeness (QED) is 0.275. The minimum absolute atomic E-state index is 0.0617. The Kier molecular flexibility index (Phi) is 9.52. The standard InChI is InChI=1S/C27H33NO7/c1-32-23-16-20(17-24(33-2)25(23)34-3)11-8-14-35-27(31)21-12-7-13-28(18-21)26(30)22(29)15-19-9-5-4-6-10-19/h4-6,9-10,16-17,21H,7-8,11-15,18H2,1-3H3. The number of carbonyl (C=O) groups excluding carboxylic acids is 3. The van der Waals surface area contributed by atoms with E-state index in [2.05, 4.69) is 0 Å². The van der Waals surface area contributed by atoms with Gasteiger partial charge in [0.25, 0.3) is 5.91 Å². The van der Waals surface area contributed by atoms with Gasteiger partial charge in [0.2, 0.25) is 11.5 Å². The maximum atomic E-state index is 12.6. The maximum Gasteiger partial charge on any atom is 0.310 e. The van der Waals surface area contributed by atoms with Crippen molar-refractivity contribution < 1.29 is 33.3 Å². The first-order valence-electron chi connectivity index (χ1n) is 11.8. The Labute approximate surface area is 206 Å². The normalized spacial score (nSPS) is 15.3. The van der Waals surface area contributed by atoms with Gasteiger partial charge in [0.1, 0.15) is 0 Å². The van der Waals surface area contributed by atoms with Gasteiger partial charge in [0.15, 0.2) is 11.5 Å². The number of likely N-dealkylation sites (tertiary alicyclic amines) is 1. The van der Waals surface area contributed by atoms with Crippen LogP contribution in [-0.2, 0) is 32.0 Å². The molecule has 1 amide bonds. The van der Waals surface area contributed by atoms with Crippen LogP contribution in [0.15, 0.2) is 42.5 Å². The number of esters is 1. The predicted octanol–water partition coefficient (Wildman–Crippen LogP) is 3.24. The highest BCUT2D eigenvalue weighted by atomic mass is 16.5. The van der Waals surface area contributed by atoms with Crippen LogP contribution in [0.3, 0.4) is 0 Å². The van der Waals surface area contributed by atoms with Crippen LogP contribution in [0.2, 0.25) is 0 Å². The lowest BCUT2D eigenvalue weighted by atomic mass is 9.97. The number of ether oxygens (including phenoxy) is 4. The average molecular weight is 484 g/mol. The highest BCUT2D eigenvalue weighted by molar-refractivity contribution is 6.36. The molecule has 3 rings (SSSR count). The molecule has 0 radical (unpaired) electrons. The lowest BCUT2D eigenvalue weighted by Crippen LogP contribution is -2.46. The molecule has 1 aliphatic rings. The zero-order valence-corrected chi connectivity index (χ0v) is 20.6. The second-order valence-corrected chi connectivity index (χ2v) is 8.48. The van der Waals surface area contributed by atoms with Crippen molar-refractivity contribution in [3.63, 3.8) is 0 Å². The summed E-state index contributed by atoms with van der Waals surface area (Å²) in [5, 5.41) is 0. The minimum Gasteiger partial charge on any atom is -0.493 e. The van der Waals surface area contributed by atoms with Crippen LogP contribution in [0.1, 0.15) is 30.4 Å². The molecule has 1 saturated heterocycles. The smallest absolute Gasteiger partial charge is 0.310 e. The van der Waals surface area contributed by atoms with E-state index in [1.54, 1.807) is 21.3 Å². The molecule has 1 atom stereocenters. The molecule has 2 aromatic rings. The summed E-state index contributed by atoms with van der Waals surface area (Å²) in [6.07, 6.45) is 2.65. The molecular weight excluding hydrogens is 450 g/mol. The van der Waals surface area contributed by atoms with Crippen molar-refractivity contribution >= 4 is 17.7 Å². The van der Waals surface area contributed by atoms with Gasteiger partial charge < -0.3 is 23.8 Å². The van der Waals surface area contributed by atoms with Gasteiger partial charge in [-0.1, -0.05) is 30.3 Å². The van der Waals surface area contributed by atoms with Crippen LogP contribution >= 0.6 is 0 Å². The van der Waals surface area contributed by atoms with Gasteiger partial charge in [-0.05, 0) is 48.9 Å².